The number of carbonyl (C=O) groups excluding carboxylic acids is 2. The number of benzene rings is 2. The molecule has 0 N–H and O–H groups in total. The van der Waals surface area contributed by atoms with E-state index < -0.39 is 5.92 Å². The largest absolute Gasteiger partial charge is 0.497 e. The quantitative estimate of drug-likeness (QED) is 0.354. The topological polar surface area (TPSA) is 84.2 Å². The zero-order chi connectivity index (χ0) is 21.5. The van der Waals surface area contributed by atoms with Crippen molar-refractivity contribution in [2.75, 3.05) is 14.2 Å². The van der Waals surface area contributed by atoms with Crippen LogP contribution in [0.15, 0.2) is 58.9 Å². The van der Waals surface area contributed by atoms with Gasteiger partial charge in [-0.05, 0) is 42.5 Å². The summed E-state index contributed by atoms with van der Waals surface area (Å²) in [5, 5.41) is 0. The molecule has 2 aromatic carbocycles. The molecule has 0 saturated heterocycles. The van der Waals surface area contributed by atoms with Crippen molar-refractivity contribution in [3.05, 3.63) is 76.9 Å². The molecule has 1 unspecified atom stereocenters. The van der Waals surface area contributed by atoms with E-state index in [0.717, 1.165) is 0 Å². The molecule has 0 fully saturated rings. The number of hydrogen-bond donors (Lipinski definition) is 0. The zero-order valence-electron chi connectivity index (χ0n) is 16.8. The second-order valence-electron chi connectivity index (χ2n) is 7.15. The van der Waals surface area contributed by atoms with Crippen LogP contribution >= 0.6 is 0 Å². The smallest absolute Gasteiger partial charge is 0.312 e. The van der Waals surface area contributed by atoms with Crippen molar-refractivity contribution in [1.82, 2.24) is 0 Å². The number of furan rings is 1. The van der Waals surface area contributed by atoms with E-state index in [1.807, 2.05) is 0 Å². The maximum atomic E-state index is 13.1. The lowest BCUT2D eigenvalue weighted by Gasteiger charge is -2.24. The highest BCUT2D eigenvalue weighted by atomic mass is 16.5. The second-order valence-corrected chi connectivity index (χ2v) is 7.15. The fourth-order valence-corrected chi connectivity index (χ4v) is 3.92. The normalized spacial score (nSPS) is 18.3. The number of rotatable bonds is 4. The van der Waals surface area contributed by atoms with E-state index in [2.05, 4.69) is 0 Å². The molecule has 1 atom stereocenters. The van der Waals surface area contributed by atoms with Gasteiger partial charge in [0.1, 0.15) is 28.8 Å². The Morgan fingerprint density at radius 2 is 1.90 bits per heavy atom. The average molecular weight is 418 g/mol. The van der Waals surface area contributed by atoms with Gasteiger partial charge in [0.15, 0.2) is 5.76 Å². The molecule has 7 heteroatoms. The molecule has 1 aromatic heterocycles. The zero-order valence-corrected chi connectivity index (χ0v) is 16.8. The highest BCUT2D eigenvalue weighted by Crippen LogP contribution is 2.49. The Morgan fingerprint density at radius 3 is 2.65 bits per heavy atom. The molecule has 2 aliphatic rings. The van der Waals surface area contributed by atoms with Gasteiger partial charge in [-0.15, -0.1) is 0 Å². The van der Waals surface area contributed by atoms with E-state index in [-0.39, 0.29) is 23.9 Å². The predicted molar refractivity (Wildman–Crippen MR) is 110 cm³/mol. The third-order valence-electron chi connectivity index (χ3n) is 5.39. The molecule has 0 spiro atoms. The van der Waals surface area contributed by atoms with E-state index >= 15 is 0 Å². The number of ether oxygens (including phenoxy) is 4. The van der Waals surface area contributed by atoms with Crippen LogP contribution in [0.5, 0.6) is 23.0 Å². The van der Waals surface area contributed by atoms with Crippen molar-refractivity contribution in [2.45, 2.75) is 12.3 Å². The lowest BCUT2D eigenvalue weighted by Crippen LogP contribution is -2.21. The Hall–Kier alpha value is -4.00. The number of methoxy groups -OCH3 is 2. The van der Waals surface area contributed by atoms with Gasteiger partial charge in [-0.3, -0.25) is 9.59 Å². The summed E-state index contributed by atoms with van der Waals surface area (Å²) in [7, 11) is 3.11. The fourth-order valence-electron chi connectivity index (χ4n) is 3.92. The first-order chi connectivity index (χ1) is 15.1. The Morgan fingerprint density at radius 1 is 1.03 bits per heavy atom. The minimum Gasteiger partial charge on any atom is -0.497 e. The standard InChI is InChI=1S/C24H18O7/c1-27-14-6-5-13(19(11-14)28-2)10-20-23(26)15-7-8-18-22(24(15)31-20)16(12-21(25)30-18)17-4-3-9-29-17/h3-11,16H,12H2,1-2H3. The number of hydrogen-bond acceptors (Lipinski definition) is 7. The van der Waals surface area contributed by atoms with Crippen LogP contribution in [-0.4, -0.2) is 26.0 Å². The average Bonchev–Trinajstić information content (AvgIpc) is 3.42. The van der Waals surface area contributed by atoms with Gasteiger partial charge in [0.05, 0.1) is 38.4 Å². The highest BCUT2D eigenvalue weighted by Gasteiger charge is 2.39. The number of ketones is 1. The van der Waals surface area contributed by atoms with Gasteiger partial charge in [-0.2, -0.15) is 0 Å². The summed E-state index contributed by atoms with van der Waals surface area (Å²) >= 11 is 0. The van der Waals surface area contributed by atoms with Gasteiger partial charge in [0.2, 0.25) is 5.78 Å². The van der Waals surface area contributed by atoms with Crippen LogP contribution in [0.2, 0.25) is 0 Å². The van der Waals surface area contributed by atoms with Crippen molar-refractivity contribution in [3.8, 4) is 23.0 Å². The first kappa shape index (κ1) is 19.0. The van der Waals surface area contributed by atoms with Crippen LogP contribution in [0.4, 0.5) is 0 Å². The fraction of sp³-hybridized carbons (Fsp3) is 0.167. The molecule has 0 radical (unpaired) electrons. The SMILES string of the molecule is COc1ccc(C=C2Oc3c(ccc4c3C(c3ccco3)CC(=O)O4)C2=O)c(OC)c1. The van der Waals surface area contributed by atoms with Crippen LogP contribution in [0.25, 0.3) is 6.08 Å². The summed E-state index contributed by atoms with van der Waals surface area (Å²) in [5.74, 6) is 1.68. The molecule has 31 heavy (non-hydrogen) atoms. The van der Waals surface area contributed by atoms with Crippen molar-refractivity contribution in [2.24, 2.45) is 0 Å². The van der Waals surface area contributed by atoms with E-state index in [4.69, 9.17) is 23.4 Å². The predicted octanol–water partition coefficient (Wildman–Crippen LogP) is 4.35. The lowest BCUT2D eigenvalue weighted by atomic mass is 9.88. The molecular weight excluding hydrogens is 400 g/mol. The maximum absolute atomic E-state index is 13.1. The first-order valence-corrected chi connectivity index (χ1v) is 9.66. The minimum absolute atomic E-state index is 0.0971. The van der Waals surface area contributed by atoms with Crippen LogP contribution in [0.1, 0.15) is 39.6 Å². The Labute approximate surface area is 177 Å². The summed E-state index contributed by atoms with van der Waals surface area (Å²) in [4.78, 5) is 25.2. The van der Waals surface area contributed by atoms with Crippen molar-refractivity contribution in [1.29, 1.82) is 0 Å². The van der Waals surface area contributed by atoms with E-state index in [0.29, 0.717) is 45.4 Å². The molecule has 2 aliphatic heterocycles. The van der Waals surface area contributed by atoms with Crippen molar-refractivity contribution < 1.29 is 33.0 Å². The minimum atomic E-state index is -0.399. The lowest BCUT2D eigenvalue weighted by molar-refractivity contribution is -0.135. The summed E-state index contributed by atoms with van der Waals surface area (Å²) < 4.78 is 27.6. The van der Waals surface area contributed by atoms with E-state index in [1.54, 1.807) is 69.0 Å². The third kappa shape index (κ3) is 3.15. The molecule has 7 nitrogen and oxygen atoms in total. The molecular formula is C24H18O7. The molecule has 0 saturated carbocycles. The first-order valence-electron chi connectivity index (χ1n) is 9.66. The number of esters is 1. The van der Waals surface area contributed by atoms with Gasteiger partial charge in [-0.25, -0.2) is 0 Å². The Balaban J connectivity index is 1.59. The number of allylic oxidation sites excluding steroid dienone is 1. The van der Waals surface area contributed by atoms with Crippen molar-refractivity contribution in [3.63, 3.8) is 0 Å². The Kier molecular flexibility index (Phi) is 4.51. The number of Topliss-reactive ketones (excluding diaryl/α,β-unsaturated/α-hetero) is 1. The third-order valence-corrected chi connectivity index (χ3v) is 5.39. The molecule has 0 amide bonds. The molecule has 0 bridgehead atoms. The maximum Gasteiger partial charge on any atom is 0.312 e. The summed E-state index contributed by atoms with van der Waals surface area (Å²) in [5.41, 5.74) is 1.71. The monoisotopic (exact) mass is 418 g/mol. The van der Waals surface area contributed by atoms with Crippen LogP contribution in [-0.2, 0) is 4.79 Å². The van der Waals surface area contributed by atoms with Gasteiger partial charge in [0, 0.05) is 17.2 Å². The van der Waals surface area contributed by atoms with Gasteiger partial charge >= 0.3 is 5.97 Å². The van der Waals surface area contributed by atoms with Gasteiger partial charge < -0.3 is 23.4 Å². The van der Waals surface area contributed by atoms with Crippen LogP contribution in [0.3, 0.4) is 0 Å². The van der Waals surface area contributed by atoms with E-state index in [9.17, 15) is 9.59 Å². The van der Waals surface area contributed by atoms with E-state index in [1.165, 1.54) is 0 Å². The second kappa shape index (κ2) is 7.36. The number of fused-ring (bicyclic) bond motifs is 3. The molecule has 3 heterocycles. The van der Waals surface area contributed by atoms with Crippen LogP contribution < -0.4 is 18.9 Å². The number of carbonyl (C=O) groups is 2. The van der Waals surface area contributed by atoms with Gasteiger partial charge in [-0.1, -0.05) is 0 Å². The summed E-state index contributed by atoms with van der Waals surface area (Å²) in [6, 6.07) is 12.1. The van der Waals surface area contributed by atoms with Crippen LogP contribution in [0, 0.1) is 0 Å². The van der Waals surface area contributed by atoms with Gasteiger partial charge in [0.25, 0.3) is 0 Å². The Bertz CT molecular complexity index is 1220. The molecule has 3 aromatic rings. The molecule has 5 rings (SSSR count). The molecule has 0 aliphatic carbocycles. The summed E-state index contributed by atoms with van der Waals surface area (Å²) in [6.45, 7) is 0. The van der Waals surface area contributed by atoms with Crippen molar-refractivity contribution >= 4 is 17.8 Å². The molecule has 156 valence electrons. The summed E-state index contributed by atoms with van der Waals surface area (Å²) in [6.07, 6.45) is 3.27. The highest BCUT2D eigenvalue weighted by molar-refractivity contribution is 6.15.